The molecule has 120 valence electrons. The molecule has 1 heterocycles. The molecule has 0 bridgehead atoms. The van der Waals surface area contributed by atoms with Gasteiger partial charge in [-0.1, -0.05) is 29.0 Å². The maximum Gasteiger partial charge on any atom is 0.263 e. The highest BCUT2D eigenvalue weighted by Crippen LogP contribution is 2.34. The fourth-order valence-corrected chi connectivity index (χ4v) is 4.53. The lowest BCUT2D eigenvalue weighted by Crippen LogP contribution is -2.12. The first kappa shape index (κ1) is 16.0. The van der Waals surface area contributed by atoms with Crippen LogP contribution in [0.3, 0.4) is 0 Å². The number of aryl methyl sites for hydroxylation is 1. The zero-order valence-corrected chi connectivity index (χ0v) is 14.7. The molecule has 2 aromatic carbocycles. The van der Waals surface area contributed by atoms with Crippen molar-refractivity contribution in [3.63, 3.8) is 0 Å². The van der Waals surface area contributed by atoms with Crippen LogP contribution in [0, 0.1) is 6.92 Å². The Bertz CT molecular complexity index is 927. The first-order chi connectivity index (χ1) is 10.9. The summed E-state index contributed by atoms with van der Waals surface area (Å²) in [5.41, 5.74) is 1.64. The third kappa shape index (κ3) is 3.12. The molecular formula is C15H13ClN2O3S2. The van der Waals surface area contributed by atoms with Gasteiger partial charge >= 0.3 is 0 Å². The number of nitrogens with zero attached hydrogens (tertiary/aromatic N) is 1. The van der Waals surface area contributed by atoms with Crippen molar-refractivity contribution in [3.05, 3.63) is 47.0 Å². The molecule has 0 radical (unpaired) electrons. The summed E-state index contributed by atoms with van der Waals surface area (Å²) < 4.78 is 33.1. The van der Waals surface area contributed by atoms with Gasteiger partial charge in [-0.2, -0.15) is 0 Å². The molecule has 0 unspecified atom stereocenters. The van der Waals surface area contributed by atoms with Gasteiger partial charge in [0.25, 0.3) is 10.0 Å². The fourth-order valence-electron chi connectivity index (χ4n) is 2.07. The topological polar surface area (TPSA) is 68.3 Å². The van der Waals surface area contributed by atoms with Gasteiger partial charge in [-0.3, -0.25) is 4.72 Å². The van der Waals surface area contributed by atoms with Gasteiger partial charge in [-0.25, -0.2) is 13.4 Å². The Labute approximate surface area is 142 Å². The molecule has 0 atom stereocenters. The second-order valence-electron chi connectivity index (χ2n) is 4.84. The highest BCUT2D eigenvalue weighted by molar-refractivity contribution is 7.93. The predicted molar refractivity (Wildman–Crippen MR) is 93.2 cm³/mol. The fraction of sp³-hybridized carbons (Fsp3) is 0.133. The van der Waals surface area contributed by atoms with Crippen molar-refractivity contribution in [1.82, 2.24) is 4.98 Å². The number of nitrogens with one attached hydrogen (secondary N) is 1. The van der Waals surface area contributed by atoms with Crippen molar-refractivity contribution < 1.29 is 13.2 Å². The average Bonchev–Trinajstić information content (AvgIpc) is 2.95. The monoisotopic (exact) mass is 368 g/mol. The second-order valence-corrected chi connectivity index (χ2v) is 7.93. The van der Waals surface area contributed by atoms with E-state index in [9.17, 15) is 8.42 Å². The molecule has 8 heteroatoms. The SMILES string of the molecule is COc1ccc(S(=O)(=O)Nc2nc3c(C)ccc(Cl)c3s2)cc1. The smallest absolute Gasteiger partial charge is 0.263 e. The van der Waals surface area contributed by atoms with Gasteiger partial charge in [-0.15, -0.1) is 0 Å². The third-order valence-electron chi connectivity index (χ3n) is 3.29. The van der Waals surface area contributed by atoms with Crippen molar-refractivity contribution in [3.8, 4) is 5.75 Å². The van der Waals surface area contributed by atoms with Gasteiger partial charge in [0.1, 0.15) is 5.75 Å². The number of methoxy groups -OCH3 is 1. The Morgan fingerprint density at radius 1 is 1.17 bits per heavy atom. The molecule has 0 saturated heterocycles. The molecule has 3 rings (SSSR count). The minimum absolute atomic E-state index is 0.139. The molecule has 1 aromatic heterocycles. The van der Waals surface area contributed by atoms with Gasteiger partial charge in [0.05, 0.1) is 27.2 Å². The molecular weight excluding hydrogens is 356 g/mol. The highest BCUT2D eigenvalue weighted by atomic mass is 35.5. The number of fused-ring (bicyclic) bond motifs is 1. The van der Waals surface area contributed by atoms with Crippen LogP contribution in [0.4, 0.5) is 5.13 Å². The second kappa shape index (κ2) is 5.99. The average molecular weight is 369 g/mol. The molecule has 3 aromatic rings. The van der Waals surface area contributed by atoms with E-state index in [4.69, 9.17) is 16.3 Å². The van der Waals surface area contributed by atoms with Crippen LogP contribution < -0.4 is 9.46 Å². The number of rotatable bonds is 4. The summed E-state index contributed by atoms with van der Waals surface area (Å²) in [5.74, 6) is 0.589. The quantitative estimate of drug-likeness (QED) is 0.753. The minimum Gasteiger partial charge on any atom is -0.497 e. The summed E-state index contributed by atoms with van der Waals surface area (Å²) >= 11 is 7.35. The predicted octanol–water partition coefficient (Wildman–Crippen LogP) is 4.07. The summed E-state index contributed by atoms with van der Waals surface area (Å²) in [4.78, 5) is 4.48. The van der Waals surface area contributed by atoms with E-state index in [0.717, 1.165) is 10.3 Å². The Morgan fingerprint density at radius 3 is 2.48 bits per heavy atom. The molecule has 23 heavy (non-hydrogen) atoms. The molecule has 0 spiro atoms. The van der Waals surface area contributed by atoms with Crippen LogP contribution in [0.25, 0.3) is 10.2 Å². The minimum atomic E-state index is -3.71. The Hall–Kier alpha value is -1.83. The number of ether oxygens (including phenoxy) is 1. The van der Waals surface area contributed by atoms with Crippen molar-refractivity contribution in [2.24, 2.45) is 0 Å². The lowest BCUT2D eigenvalue weighted by molar-refractivity contribution is 0.414. The maximum atomic E-state index is 12.4. The van der Waals surface area contributed by atoms with Crippen molar-refractivity contribution in [2.45, 2.75) is 11.8 Å². The lowest BCUT2D eigenvalue weighted by Gasteiger charge is -2.05. The Kier molecular flexibility index (Phi) is 4.18. The number of aromatic nitrogens is 1. The van der Waals surface area contributed by atoms with E-state index < -0.39 is 10.0 Å². The number of sulfonamides is 1. The standard InChI is InChI=1S/C15H13ClN2O3S2/c1-9-3-8-12(16)14-13(9)17-15(22-14)18-23(19,20)11-6-4-10(21-2)5-7-11/h3-8H,1-2H3,(H,17,18). The first-order valence-corrected chi connectivity index (χ1v) is 9.31. The van der Waals surface area contributed by atoms with Crippen LogP contribution in [-0.2, 0) is 10.0 Å². The summed E-state index contributed by atoms with van der Waals surface area (Å²) in [6.07, 6.45) is 0. The number of halogens is 1. The van der Waals surface area contributed by atoms with Crippen molar-refractivity contribution in [1.29, 1.82) is 0 Å². The molecule has 1 N–H and O–H groups in total. The summed E-state index contributed by atoms with van der Waals surface area (Å²) in [7, 11) is -2.19. The van der Waals surface area contributed by atoms with E-state index in [2.05, 4.69) is 9.71 Å². The van der Waals surface area contributed by atoms with Gasteiger partial charge in [0.2, 0.25) is 0 Å². The van der Waals surface area contributed by atoms with Crippen LogP contribution in [0.15, 0.2) is 41.3 Å². The van der Waals surface area contributed by atoms with Gasteiger partial charge in [0, 0.05) is 0 Å². The molecule has 0 aliphatic carbocycles. The first-order valence-electron chi connectivity index (χ1n) is 6.63. The Balaban J connectivity index is 1.96. The summed E-state index contributed by atoms with van der Waals surface area (Å²) in [5, 5.41) is 0.838. The Morgan fingerprint density at radius 2 is 1.87 bits per heavy atom. The number of hydrogen-bond acceptors (Lipinski definition) is 5. The molecule has 0 amide bonds. The van der Waals surface area contributed by atoms with Crippen LogP contribution in [0.2, 0.25) is 5.02 Å². The van der Waals surface area contributed by atoms with E-state index in [1.807, 2.05) is 13.0 Å². The van der Waals surface area contributed by atoms with Crippen molar-refractivity contribution >= 4 is 48.3 Å². The number of anilines is 1. The lowest BCUT2D eigenvalue weighted by atomic mass is 10.2. The third-order valence-corrected chi connectivity index (χ3v) is 6.20. The van der Waals surface area contributed by atoms with Crippen LogP contribution in [0.1, 0.15) is 5.56 Å². The van der Waals surface area contributed by atoms with E-state index >= 15 is 0 Å². The van der Waals surface area contributed by atoms with E-state index in [1.165, 1.54) is 30.6 Å². The highest BCUT2D eigenvalue weighted by Gasteiger charge is 2.18. The maximum absolute atomic E-state index is 12.4. The molecule has 0 saturated carbocycles. The molecule has 0 fully saturated rings. The van der Waals surface area contributed by atoms with E-state index in [0.29, 0.717) is 16.3 Å². The number of hydrogen-bond donors (Lipinski definition) is 1. The normalized spacial score (nSPS) is 11.6. The molecule has 0 aliphatic rings. The van der Waals surface area contributed by atoms with Crippen LogP contribution >= 0.6 is 22.9 Å². The van der Waals surface area contributed by atoms with Crippen LogP contribution in [0.5, 0.6) is 5.75 Å². The van der Waals surface area contributed by atoms with Gasteiger partial charge < -0.3 is 4.74 Å². The van der Waals surface area contributed by atoms with Gasteiger partial charge in [-0.05, 0) is 42.8 Å². The van der Waals surface area contributed by atoms with E-state index in [-0.39, 0.29) is 10.0 Å². The zero-order valence-electron chi connectivity index (χ0n) is 12.3. The van der Waals surface area contributed by atoms with Crippen LogP contribution in [-0.4, -0.2) is 20.5 Å². The van der Waals surface area contributed by atoms with Crippen molar-refractivity contribution in [2.75, 3.05) is 11.8 Å². The van der Waals surface area contributed by atoms with E-state index in [1.54, 1.807) is 18.2 Å². The largest absolute Gasteiger partial charge is 0.497 e. The summed E-state index contributed by atoms with van der Waals surface area (Å²) in [6.45, 7) is 1.90. The zero-order chi connectivity index (χ0) is 16.6. The number of benzene rings is 2. The molecule has 5 nitrogen and oxygen atoms in total. The number of thiazole rings is 1. The molecule has 0 aliphatic heterocycles. The van der Waals surface area contributed by atoms with Gasteiger partial charge in [0.15, 0.2) is 5.13 Å². The summed E-state index contributed by atoms with van der Waals surface area (Å²) in [6, 6.07) is 9.77.